The van der Waals surface area contributed by atoms with E-state index in [0.717, 1.165) is 11.1 Å². The molecular weight excluding hydrogens is 363 g/mol. The van der Waals surface area contributed by atoms with Crippen LogP contribution in [0.2, 0.25) is 0 Å². The number of hydrogen-bond donors (Lipinski definition) is 1. The van der Waals surface area contributed by atoms with E-state index < -0.39 is 31.2 Å². The van der Waals surface area contributed by atoms with Crippen molar-refractivity contribution in [3.05, 3.63) is 52.3 Å². The molecule has 2 rings (SSSR count). The first-order valence-corrected chi connectivity index (χ1v) is 8.17. The number of esters is 1. The van der Waals surface area contributed by atoms with Crippen LogP contribution in [0.1, 0.15) is 32.9 Å². The largest absolute Gasteiger partial charge is 0.452 e. The molecular formula is C18H20F3N3O3. The van der Waals surface area contributed by atoms with E-state index in [4.69, 9.17) is 4.74 Å². The lowest BCUT2D eigenvalue weighted by molar-refractivity contribution is -0.140. The van der Waals surface area contributed by atoms with Crippen molar-refractivity contribution in [2.24, 2.45) is 0 Å². The van der Waals surface area contributed by atoms with Gasteiger partial charge in [0.15, 0.2) is 6.61 Å². The zero-order valence-corrected chi connectivity index (χ0v) is 15.2. The number of ether oxygens (including phenoxy) is 1. The first-order chi connectivity index (χ1) is 12.6. The summed E-state index contributed by atoms with van der Waals surface area (Å²) in [5.74, 6) is -1.83. The Bertz CT molecular complexity index is 827. The predicted molar refractivity (Wildman–Crippen MR) is 91.3 cm³/mol. The van der Waals surface area contributed by atoms with E-state index in [1.807, 2.05) is 31.2 Å². The molecule has 0 bridgehead atoms. The third kappa shape index (κ3) is 5.83. The second kappa shape index (κ2) is 8.24. The molecule has 0 aliphatic rings. The van der Waals surface area contributed by atoms with Gasteiger partial charge in [0.2, 0.25) is 0 Å². The maximum Gasteiger partial charge on any atom is 0.405 e. The minimum Gasteiger partial charge on any atom is -0.452 e. The highest BCUT2D eigenvalue weighted by molar-refractivity contribution is 5.93. The van der Waals surface area contributed by atoms with Crippen LogP contribution in [0.3, 0.4) is 0 Å². The molecule has 0 aliphatic heterocycles. The number of aryl methyl sites for hydroxylation is 2. The number of aromatic nitrogens is 2. The van der Waals surface area contributed by atoms with Crippen molar-refractivity contribution in [3.63, 3.8) is 0 Å². The molecule has 1 aromatic heterocycles. The molecule has 0 saturated heterocycles. The van der Waals surface area contributed by atoms with E-state index in [0.29, 0.717) is 17.9 Å². The van der Waals surface area contributed by atoms with Gasteiger partial charge in [-0.15, -0.1) is 0 Å². The standard InChI is InChI=1S/C18H20F3N3O3/c1-11-4-6-14(7-5-11)8-24-13(3)16(12(2)23-24)17(26)27-9-15(25)22-10-18(19,20)21/h4-7H,8-10H2,1-3H3,(H,22,25). The Labute approximate surface area is 154 Å². The molecule has 1 heterocycles. The van der Waals surface area contributed by atoms with Crippen LogP contribution in [-0.4, -0.2) is 41.0 Å². The summed E-state index contributed by atoms with van der Waals surface area (Å²) < 4.78 is 42.6. The van der Waals surface area contributed by atoms with Crippen molar-refractivity contribution in [2.75, 3.05) is 13.2 Å². The number of amides is 1. The second-order valence-electron chi connectivity index (χ2n) is 6.16. The van der Waals surface area contributed by atoms with E-state index in [9.17, 15) is 22.8 Å². The summed E-state index contributed by atoms with van der Waals surface area (Å²) in [7, 11) is 0. The predicted octanol–water partition coefficient (Wildman–Crippen LogP) is 2.69. The third-order valence-electron chi connectivity index (χ3n) is 3.86. The highest BCUT2D eigenvalue weighted by atomic mass is 19.4. The summed E-state index contributed by atoms with van der Waals surface area (Å²) in [6.45, 7) is 3.47. The molecule has 0 fully saturated rings. The second-order valence-corrected chi connectivity index (χ2v) is 6.16. The summed E-state index contributed by atoms with van der Waals surface area (Å²) in [5.41, 5.74) is 3.29. The zero-order valence-electron chi connectivity index (χ0n) is 15.2. The average Bonchev–Trinajstić information content (AvgIpc) is 2.86. The SMILES string of the molecule is Cc1ccc(Cn2nc(C)c(C(=O)OCC(=O)NCC(F)(F)F)c2C)cc1. The number of halogens is 3. The molecule has 1 N–H and O–H groups in total. The highest BCUT2D eigenvalue weighted by Gasteiger charge is 2.28. The molecule has 9 heteroatoms. The number of nitrogens with one attached hydrogen (secondary N) is 1. The lowest BCUT2D eigenvalue weighted by Crippen LogP contribution is -2.36. The molecule has 0 saturated carbocycles. The van der Waals surface area contributed by atoms with Gasteiger partial charge in [0.25, 0.3) is 5.91 Å². The molecule has 27 heavy (non-hydrogen) atoms. The summed E-state index contributed by atoms with van der Waals surface area (Å²) in [6, 6.07) is 7.84. The van der Waals surface area contributed by atoms with Crippen LogP contribution < -0.4 is 5.32 Å². The van der Waals surface area contributed by atoms with E-state index in [-0.39, 0.29) is 5.56 Å². The van der Waals surface area contributed by atoms with Crippen molar-refractivity contribution < 1.29 is 27.5 Å². The Kier molecular flexibility index (Phi) is 6.24. The lowest BCUT2D eigenvalue weighted by atomic mass is 10.1. The minimum absolute atomic E-state index is 0.200. The van der Waals surface area contributed by atoms with Gasteiger partial charge >= 0.3 is 12.1 Å². The molecule has 1 amide bonds. The molecule has 0 unspecified atom stereocenters. The van der Waals surface area contributed by atoms with E-state index in [2.05, 4.69) is 5.10 Å². The van der Waals surface area contributed by atoms with E-state index >= 15 is 0 Å². The van der Waals surface area contributed by atoms with Crippen LogP contribution in [0, 0.1) is 20.8 Å². The monoisotopic (exact) mass is 383 g/mol. The molecule has 0 atom stereocenters. The zero-order chi connectivity index (χ0) is 20.2. The summed E-state index contributed by atoms with van der Waals surface area (Å²) in [6.07, 6.45) is -4.52. The molecule has 146 valence electrons. The van der Waals surface area contributed by atoms with Gasteiger partial charge in [-0.2, -0.15) is 18.3 Å². The van der Waals surface area contributed by atoms with Gasteiger partial charge in [-0.1, -0.05) is 29.8 Å². The maximum atomic E-state index is 12.2. The lowest BCUT2D eigenvalue weighted by Gasteiger charge is -2.09. The first kappa shape index (κ1) is 20.5. The number of carbonyl (C=O) groups is 2. The summed E-state index contributed by atoms with van der Waals surface area (Å²) in [4.78, 5) is 23.6. The highest BCUT2D eigenvalue weighted by Crippen LogP contribution is 2.16. The number of alkyl halides is 3. The number of nitrogens with zero attached hydrogens (tertiary/aromatic N) is 2. The van der Waals surface area contributed by atoms with Crippen LogP contribution in [-0.2, 0) is 16.1 Å². The van der Waals surface area contributed by atoms with Gasteiger partial charge < -0.3 is 10.1 Å². The topological polar surface area (TPSA) is 73.2 Å². The van der Waals surface area contributed by atoms with Gasteiger partial charge in [-0.25, -0.2) is 4.79 Å². The van der Waals surface area contributed by atoms with Crippen molar-refractivity contribution in [3.8, 4) is 0 Å². The Balaban J connectivity index is 2.01. The molecule has 0 radical (unpaired) electrons. The summed E-state index contributed by atoms with van der Waals surface area (Å²) >= 11 is 0. The Hall–Kier alpha value is -2.84. The Morgan fingerprint density at radius 2 is 1.78 bits per heavy atom. The molecule has 0 spiro atoms. The van der Waals surface area contributed by atoms with Crippen LogP contribution in [0.25, 0.3) is 0 Å². The number of benzene rings is 1. The Morgan fingerprint density at radius 3 is 2.37 bits per heavy atom. The average molecular weight is 383 g/mol. The van der Waals surface area contributed by atoms with E-state index in [1.165, 1.54) is 0 Å². The first-order valence-electron chi connectivity index (χ1n) is 8.17. The maximum absolute atomic E-state index is 12.2. The normalized spacial score (nSPS) is 11.3. The quantitative estimate of drug-likeness (QED) is 0.779. The fraction of sp³-hybridized carbons (Fsp3) is 0.389. The smallest absolute Gasteiger partial charge is 0.405 e. The van der Waals surface area contributed by atoms with Gasteiger partial charge in [-0.05, 0) is 26.3 Å². The number of hydrogen-bond acceptors (Lipinski definition) is 4. The minimum atomic E-state index is -4.52. The van der Waals surface area contributed by atoms with Crippen LogP contribution >= 0.6 is 0 Å². The van der Waals surface area contributed by atoms with E-state index in [1.54, 1.807) is 23.8 Å². The Morgan fingerprint density at radius 1 is 1.15 bits per heavy atom. The molecule has 1 aromatic carbocycles. The van der Waals surface area contributed by atoms with Crippen LogP contribution in [0.15, 0.2) is 24.3 Å². The van der Waals surface area contributed by atoms with Crippen molar-refractivity contribution in [2.45, 2.75) is 33.5 Å². The van der Waals surface area contributed by atoms with Crippen LogP contribution in [0.5, 0.6) is 0 Å². The molecule has 0 aliphatic carbocycles. The van der Waals surface area contributed by atoms with Gasteiger partial charge in [-0.3, -0.25) is 9.48 Å². The fourth-order valence-corrected chi connectivity index (χ4v) is 2.47. The third-order valence-corrected chi connectivity index (χ3v) is 3.86. The van der Waals surface area contributed by atoms with Gasteiger partial charge in [0, 0.05) is 0 Å². The van der Waals surface area contributed by atoms with Crippen molar-refractivity contribution >= 4 is 11.9 Å². The molecule has 6 nitrogen and oxygen atoms in total. The number of carbonyl (C=O) groups excluding carboxylic acids is 2. The number of rotatable bonds is 6. The molecule has 2 aromatic rings. The van der Waals surface area contributed by atoms with Crippen molar-refractivity contribution in [1.82, 2.24) is 15.1 Å². The van der Waals surface area contributed by atoms with Gasteiger partial charge in [0.1, 0.15) is 12.1 Å². The summed E-state index contributed by atoms with van der Waals surface area (Å²) in [5, 5.41) is 5.95. The van der Waals surface area contributed by atoms with Gasteiger partial charge in [0.05, 0.1) is 17.9 Å². The van der Waals surface area contributed by atoms with Crippen LogP contribution in [0.4, 0.5) is 13.2 Å². The van der Waals surface area contributed by atoms with Crippen molar-refractivity contribution in [1.29, 1.82) is 0 Å². The fourth-order valence-electron chi connectivity index (χ4n) is 2.47.